The summed E-state index contributed by atoms with van der Waals surface area (Å²) in [6.45, 7) is 3.10. The summed E-state index contributed by atoms with van der Waals surface area (Å²) in [6.07, 6.45) is 0. The number of hydrogen-bond acceptors (Lipinski definition) is 6. The summed E-state index contributed by atoms with van der Waals surface area (Å²) in [5.41, 5.74) is 1.53. The number of rotatable bonds is 3. The van der Waals surface area contributed by atoms with Crippen LogP contribution in [0.15, 0.2) is 50.5 Å². The fourth-order valence-corrected chi connectivity index (χ4v) is 5.93. The minimum absolute atomic E-state index is 0.00765. The maximum Gasteiger partial charge on any atom is 0.290 e. The molecule has 10 heteroatoms. The van der Waals surface area contributed by atoms with Gasteiger partial charge >= 0.3 is 0 Å². The molecule has 1 aromatic heterocycles. The van der Waals surface area contributed by atoms with E-state index in [4.69, 9.17) is 20.8 Å². The lowest BCUT2D eigenvalue weighted by atomic mass is 9.98. The van der Waals surface area contributed by atoms with Crippen molar-refractivity contribution in [2.75, 3.05) is 33.4 Å². The first-order valence-corrected chi connectivity index (χ1v) is 12.2. The molecule has 8 nitrogen and oxygen atoms in total. The van der Waals surface area contributed by atoms with Crippen LogP contribution < -0.4 is 5.43 Å². The molecular formula is C23H21ClN2O6S. The number of amides is 1. The zero-order chi connectivity index (χ0) is 23.5. The third-order valence-corrected chi connectivity index (χ3v) is 8.51. The molecule has 0 aliphatic carbocycles. The largest absolute Gasteiger partial charge is 0.450 e. The first-order chi connectivity index (χ1) is 15.7. The van der Waals surface area contributed by atoms with E-state index in [0.29, 0.717) is 47.9 Å². The number of benzene rings is 2. The Kier molecular flexibility index (Phi) is 5.32. The van der Waals surface area contributed by atoms with Crippen molar-refractivity contribution in [3.63, 3.8) is 0 Å². The monoisotopic (exact) mass is 488 g/mol. The Balaban J connectivity index is 1.59. The van der Waals surface area contributed by atoms with Gasteiger partial charge in [-0.15, -0.1) is 0 Å². The summed E-state index contributed by atoms with van der Waals surface area (Å²) >= 11 is 6.22. The Labute approximate surface area is 195 Å². The zero-order valence-electron chi connectivity index (χ0n) is 18.0. The summed E-state index contributed by atoms with van der Waals surface area (Å²) < 4.78 is 38.3. The molecule has 2 aliphatic rings. The van der Waals surface area contributed by atoms with Crippen LogP contribution in [0.2, 0.25) is 5.02 Å². The number of halogens is 1. The van der Waals surface area contributed by atoms with E-state index < -0.39 is 22.0 Å². The summed E-state index contributed by atoms with van der Waals surface area (Å²) in [4.78, 5) is 27.9. The Morgan fingerprint density at radius 2 is 1.73 bits per heavy atom. The van der Waals surface area contributed by atoms with Crippen molar-refractivity contribution in [2.24, 2.45) is 0 Å². The predicted octanol–water partition coefficient (Wildman–Crippen LogP) is 2.95. The van der Waals surface area contributed by atoms with E-state index in [1.807, 2.05) is 0 Å². The second-order valence-electron chi connectivity index (χ2n) is 8.18. The smallest absolute Gasteiger partial charge is 0.290 e. The lowest BCUT2D eigenvalue weighted by Crippen LogP contribution is -2.40. The number of sulfonamides is 1. The summed E-state index contributed by atoms with van der Waals surface area (Å²) in [6, 6.07) is 8.75. The molecule has 2 aliphatic heterocycles. The van der Waals surface area contributed by atoms with Gasteiger partial charge in [-0.05, 0) is 42.3 Å². The highest BCUT2D eigenvalue weighted by Crippen LogP contribution is 2.38. The van der Waals surface area contributed by atoms with Crippen LogP contribution in [0.25, 0.3) is 11.0 Å². The Morgan fingerprint density at radius 1 is 1.06 bits per heavy atom. The Bertz CT molecular complexity index is 1440. The van der Waals surface area contributed by atoms with Gasteiger partial charge in [0, 0.05) is 25.2 Å². The molecule has 0 N–H and O–H groups in total. The molecule has 0 saturated carbocycles. The van der Waals surface area contributed by atoms with Crippen molar-refractivity contribution in [1.82, 2.24) is 9.21 Å². The quantitative estimate of drug-likeness (QED) is 0.562. The van der Waals surface area contributed by atoms with Gasteiger partial charge < -0.3 is 14.1 Å². The lowest BCUT2D eigenvalue weighted by Gasteiger charge is -2.26. The van der Waals surface area contributed by atoms with Gasteiger partial charge in [-0.3, -0.25) is 9.59 Å². The number of carbonyl (C=O) groups is 1. The normalized spacial score (nSPS) is 19.3. The minimum Gasteiger partial charge on any atom is -0.450 e. The van der Waals surface area contributed by atoms with E-state index in [1.54, 1.807) is 38.2 Å². The average Bonchev–Trinajstić information content (AvgIpc) is 3.06. The van der Waals surface area contributed by atoms with Crippen molar-refractivity contribution in [1.29, 1.82) is 0 Å². The number of ether oxygens (including phenoxy) is 1. The molecule has 0 bridgehead atoms. The number of nitrogens with zero attached hydrogens (tertiary/aromatic N) is 2. The molecule has 5 rings (SSSR count). The van der Waals surface area contributed by atoms with Gasteiger partial charge in [0.2, 0.25) is 15.8 Å². The van der Waals surface area contributed by atoms with E-state index >= 15 is 0 Å². The van der Waals surface area contributed by atoms with Gasteiger partial charge in [0.25, 0.3) is 5.91 Å². The number of fused-ring (bicyclic) bond motifs is 2. The SMILES string of the molecule is Cc1cc2oc3c(c(=O)c2cc1Cl)[C@@H](c1ccc(S(=O)(=O)N2CCOCC2)cc1)N(C)C3=O. The van der Waals surface area contributed by atoms with Crippen molar-refractivity contribution in [3.05, 3.63) is 74.1 Å². The fourth-order valence-electron chi connectivity index (χ4n) is 4.36. The molecule has 0 unspecified atom stereocenters. The van der Waals surface area contributed by atoms with E-state index in [9.17, 15) is 18.0 Å². The van der Waals surface area contributed by atoms with Gasteiger partial charge in [0.05, 0.1) is 35.1 Å². The standard InChI is InChI=1S/C23H21ClN2O6S/c1-13-11-18-16(12-17(13)24)21(27)19-20(25(2)23(28)22(19)32-18)14-3-5-15(6-4-14)33(29,30)26-7-9-31-10-8-26/h3-6,11-12,20H,7-10H2,1-2H3/t20-/m1/s1. The van der Waals surface area contributed by atoms with E-state index in [0.717, 1.165) is 5.56 Å². The highest BCUT2D eigenvalue weighted by atomic mass is 35.5. The molecule has 1 amide bonds. The maximum absolute atomic E-state index is 13.4. The summed E-state index contributed by atoms with van der Waals surface area (Å²) in [5, 5.41) is 0.727. The Morgan fingerprint density at radius 3 is 2.39 bits per heavy atom. The number of carbonyl (C=O) groups excluding carboxylic acids is 1. The van der Waals surface area contributed by atoms with Gasteiger partial charge in [-0.25, -0.2) is 8.42 Å². The third kappa shape index (κ3) is 3.47. The highest BCUT2D eigenvalue weighted by Gasteiger charge is 2.41. The maximum atomic E-state index is 13.4. The molecular weight excluding hydrogens is 468 g/mol. The predicted molar refractivity (Wildman–Crippen MR) is 122 cm³/mol. The van der Waals surface area contributed by atoms with Crippen molar-refractivity contribution in [3.8, 4) is 0 Å². The summed E-state index contributed by atoms with van der Waals surface area (Å²) in [5.74, 6) is -0.418. The molecule has 3 aromatic rings. The van der Waals surface area contributed by atoms with Crippen LogP contribution in [0.4, 0.5) is 0 Å². The van der Waals surface area contributed by atoms with Gasteiger partial charge in [0.15, 0.2) is 5.43 Å². The first kappa shape index (κ1) is 22.1. The fraction of sp³-hybridized carbons (Fsp3) is 0.304. The van der Waals surface area contributed by atoms with E-state index in [2.05, 4.69) is 0 Å². The first-order valence-electron chi connectivity index (χ1n) is 10.4. The van der Waals surface area contributed by atoms with Crippen LogP contribution in [0, 0.1) is 6.92 Å². The van der Waals surface area contributed by atoms with Gasteiger partial charge in [-0.2, -0.15) is 4.31 Å². The second kappa shape index (κ2) is 7.95. The molecule has 3 heterocycles. The molecule has 33 heavy (non-hydrogen) atoms. The van der Waals surface area contributed by atoms with Crippen molar-refractivity contribution >= 4 is 38.5 Å². The van der Waals surface area contributed by atoms with Crippen LogP contribution >= 0.6 is 11.6 Å². The molecule has 0 spiro atoms. The molecule has 2 aromatic carbocycles. The zero-order valence-corrected chi connectivity index (χ0v) is 19.6. The number of aryl methyl sites for hydroxylation is 1. The molecule has 1 atom stereocenters. The lowest BCUT2D eigenvalue weighted by molar-refractivity contribution is 0.0730. The van der Waals surface area contributed by atoms with Gasteiger partial charge in [-0.1, -0.05) is 23.7 Å². The second-order valence-corrected chi connectivity index (χ2v) is 10.5. The molecule has 172 valence electrons. The van der Waals surface area contributed by atoms with E-state index in [1.165, 1.54) is 21.3 Å². The van der Waals surface area contributed by atoms with E-state index in [-0.39, 0.29) is 21.6 Å². The molecule has 0 radical (unpaired) electrons. The van der Waals surface area contributed by atoms with Crippen molar-refractivity contribution < 1.29 is 22.4 Å². The van der Waals surface area contributed by atoms with Crippen molar-refractivity contribution in [2.45, 2.75) is 17.9 Å². The highest BCUT2D eigenvalue weighted by molar-refractivity contribution is 7.89. The van der Waals surface area contributed by atoms with Crippen LogP contribution in [0.3, 0.4) is 0 Å². The minimum atomic E-state index is -3.66. The van der Waals surface area contributed by atoms with Gasteiger partial charge in [0.1, 0.15) is 5.58 Å². The Hall–Kier alpha value is -2.72. The number of morpholine rings is 1. The number of hydrogen-bond donors (Lipinski definition) is 0. The van der Waals surface area contributed by atoms with Crippen LogP contribution in [-0.4, -0.2) is 56.9 Å². The van der Waals surface area contributed by atoms with Crippen LogP contribution in [0.5, 0.6) is 0 Å². The van der Waals surface area contributed by atoms with Crippen LogP contribution in [0.1, 0.15) is 33.3 Å². The third-order valence-electron chi connectivity index (χ3n) is 6.19. The average molecular weight is 489 g/mol. The molecule has 1 saturated heterocycles. The summed E-state index contributed by atoms with van der Waals surface area (Å²) in [7, 11) is -2.07. The van der Waals surface area contributed by atoms with Crippen LogP contribution in [-0.2, 0) is 14.8 Å². The molecule has 1 fully saturated rings. The topological polar surface area (TPSA) is 97.1 Å².